The topological polar surface area (TPSA) is 58.2 Å². The Kier molecular flexibility index (Phi) is 6.02. The number of nitrogens with one attached hydrogen (secondary N) is 2. The van der Waals surface area contributed by atoms with E-state index in [1.807, 2.05) is 0 Å². The van der Waals surface area contributed by atoms with Crippen LogP contribution in [0, 0.1) is 5.92 Å². The fourth-order valence-corrected chi connectivity index (χ4v) is 2.11. The van der Waals surface area contributed by atoms with Gasteiger partial charge in [0.15, 0.2) is 0 Å². The van der Waals surface area contributed by atoms with Gasteiger partial charge in [-0.1, -0.05) is 32.0 Å². The maximum Gasteiger partial charge on any atom is 0.416 e. The second-order valence-electron chi connectivity index (χ2n) is 6.10. The third-order valence-corrected chi connectivity index (χ3v) is 3.65. The van der Waals surface area contributed by atoms with Gasteiger partial charge in [0.05, 0.1) is 5.56 Å². The highest BCUT2D eigenvalue weighted by Gasteiger charge is 2.30. The summed E-state index contributed by atoms with van der Waals surface area (Å²) >= 11 is 0. The molecule has 4 nitrogen and oxygen atoms in total. The van der Waals surface area contributed by atoms with Gasteiger partial charge in [-0.3, -0.25) is 9.59 Å². The van der Waals surface area contributed by atoms with Crippen LogP contribution < -0.4 is 10.6 Å². The van der Waals surface area contributed by atoms with Crippen LogP contribution in [0.4, 0.5) is 18.9 Å². The molecule has 2 aromatic rings. The molecule has 7 heteroatoms. The first-order valence-electron chi connectivity index (χ1n) is 8.02. The van der Waals surface area contributed by atoms with Crippen molar-refractivity contribution < 1.29 is 22.8 Å². The van der Waals surface area contributed by atoms with E-state index >= 15 is 0 Å². The minimum Gasteiger partial charge on any atom is -0.348 e. The van der Waals surface area contributed by atoms with Crippen molar-refractivity contribution in [2.24, 2.45) is 5.92 Å². The number of rotatable bonds is 5. The van der Waals surface area contributed by atoms with E-state index < -0.39 is 17.6 Å². The first kappa shape index (κ1) is 19.5. The molecular formula is C19H19F3N2O2. The van der Waals surface area contributed by atoms with Crippen LogP contribution in [-0.2, 0) is 17.5 Å². The number of carbonyl (C=O) groups is 2. The molecular weight excluding hydrogens is 345 g/mol. The smallest absolute Gasteiger partial charge is 0.348 e. The molecule has 26 heavy (non-hydrogen) atoms. The third kappa shape index (κ3) is 5.34. The lowest BCUT2D eigenvalue weighted by molar-refractivity contribution is -0.137. The summed E-state index contributed by atoms with van der Waals surface area (Å²) in [5.74, 6) is -0.828. The van der Waals surface area contributed by atoms with Gasteiger partial charge in [0.25, 0.3) is 5.91 Å². The van der Waals surface area contributed by atoms with E-state index in [0.29, 0.717) is 5.69 Å². The van der Waals surface area contributed by atoms with E-state index in [4.69, 9.17) is 0 Å². The van der Waals surface area contributed by atoms with Crippen molar-refractivity contribution in [1.82, 2.24) is 5.32 Å². The number of carbonyl (C=O) groups excluding carboxylic acids is 2. The highest BCUT2D eigenvalue weighted by Crippen LogP contribution is 2.29. The number of halogens is 3. The number of amides is 2. The largest absolute Gasteiger partial charge is 0.416 e. The van der Waals surface area contributed by atoms with Crippen molar-refractivity contribution in [2.75, 3.05) is 5.32 Å². The maximum absolute atomic E-state index is 12.7. The summed E-state index contributed by atoms with van der Waals surface area (Å²) in [5.41, 5.74) is 0.473. The van der Waals surface area contributed by atoms with Crippen LogP contribution >= 0.6 is 0 Å². The number of alkyl halides is 3. The van der Waals surface area contributed by atoms with E-state index in [1.54, 1.807) is 38.1 Å². The van der Waals surface area contributed by atoms with Gasteiger partial charge in [-0.05, 0) is 35.9 Å². The van der Waals surface area contributed by atoms with Crippen LogP contribution in [0.5, 0.6) is 0 Å². The molecule has 0 saturated carbocycles. The first-order chi connectivity index (χ1) is 12.2. The lowest BCUT2D eigenvalue weighted by Crippen LogP contribution is -2.23. The van der Waals surface area contributed by atoms with Crippen molar-refractivity contribution >= 4 is 17.5 Å². The SMILES string of the molecule is CC(C)C(=O)Nc1ccc(CNC(=O)c2cccc(C(F)(F)F)c2)cc1. The molecule has 0 saturated heterocycles. The summed E-state index contributed by atoms with van der Waals surface area (Å²) in [4.78, 5) is 23.7. The van der Waals surface area contributed by atoms with E-state index in [9.17, 15) is 22.8 Å². The Labute approximate surface area is 149 Å². The molecule has 0 aromatic heterocycles. The predicted molar refractivity (Wildman–Crippen MR) is 92.5 cm³/mol. The molecule has 0 unspecified atom stereocenters. The monoisotopic (exact) mass is 364 g/mol. The third-order valence-electron chi connectivity index (χ3n) is 3.65. The lowest BCUT2D eigenvalue weighted by Gasteiger charge is -2.10. The molecule has 0 aliphatic rings. The quantitative estimate of drug-likeness (QED) is 0.834. The van der Waals surface area contributed by atoms with E-state index in [0.717, 1.165) is 17.7 Å². The van der Waals surface area contributed by atoms with Crippen molar-refractivity contribution in [2.45, 2.75) is 26.6 Å². The average molecular weight is 364 g/mol. The van der Waals surface area contributed by atoms with Gasteiger partial charge in [0, 0.05) is 23.7 Å². The molecule has 2 amide bonds. The van der Waals surface area contributed by atoms with Crippen LogP contribution in [0.25, 0.3) is 0 Å². The van der Waals surface area contributed by atoms with Crippen molar-refractivity contribution in [1.29, 1.82) is 0 Å². The lowest BCUT2D eigenvalue weighted by atomic mass is 10.1. The van der Waals surface area contributed by atoms with Crippen molar-refractivity contribution in [3.63, 3.8) is 0 Å². The number of hydrogen-bond acceptors (Lipinski definition) is 2. The predicted octanol–water partition coefficient (Wildman–Crippen LogP) is 4.23. The van der Waals surface area contributed by atoms with Crippen molar-refractivity contribution in [3.05, 3.63) is 65.2 Å². The average Bonchev–Trinajstić information content (AvgIpc) is 2.60. The Hall–Kier alpha value is -2.83. The molecule has 0 atom stereocenters. The molecule has 0 radical (unpaired) electrons. The summed E-state index contributed by atoms with van der Waals surface area (Å²) < 4.78 is 38.1. The van der Waals surface area contributed by atoms with Crippen LogP contribution in [0.3, 0.4) is 0 Å². The molecule has 0 fully saturated rings. The minimum absolute atomic E-state index is 0.0550. The van der Waals surface area contributed by atoms with Gasteiger partial charge in [0.1, 0.15) is 0 Å². The molecule has 2 rings (SSSR count). The summed E-state index contributed by atoms with van der Waals surface area (Å²) in [6.45, 7) is 3.73. The Morgan fingerprint density at radius 1 is 1.04 bits per heavy atom. The molecule has 2 aromatic carbocycles. The summed E-state index contributed by atoms with van der Waals surface area (Å²) in [6, 6.07) is 11.1. The van der Waals surface area contributed by atoms with Gasteiger partial charge in [-0.2, -0.15) is 13.2 Å². The first-order valence-corrected chi connectivity index (χ1v) is 8.02. The molecule has 0 bridgehead atoms. The van der Waals surface area contributed by atoms with Gasteiger partial charge < -0.3 is 10.6 Å². The van der Waals surface area contributed by atoms with Crippen LogP contribution in [0.15, 0.2) is 48.5 Å². The summed E-state index contributed by atoms with van der Waals surface area (Å²) in [6.07, 6.45) is -4.49. The zero-order chi connectivity index (χ0) is 19.3. The molecule has 0 spiro atoms. The van der Waals surface area contributed by atoms with Crippen molar-refractivity contribution in [3.8, 4) is 0 Å². The Morgan fingerprint density at radius 3 is 2.27 bits per heavy atom. The maximum atomic E-state index is 12.7. The molecule has 138 valence electrons. The molecule has 0 aliphatic carbocycles. The summed E-state index contributed by atoms with van der Waals surface area (Å²) in [5, 5.41) is 5.33. The van der Waals surface area contributed by atoms with Gasteiger partial charge in [0.2, 0.25) is 5.91 Å². The highest BCUT2D eigenvalue weighted by molar-refractivity contribution is 5.94. The Morgan fingerprint density at radius 2 is 1.69 bits per heavy atom. The molecule has 0 aliphatic heterocycles. The standard InChI is InChI=1S/C19H19F3N2O2/c1-12(2)17(25)24-16-8-6-13(7-9-16)11-23-18(26)14-4-3-5-15(10-14)19(20,21)22/h3-10,12H,11H2,1-2H3,(H,23,26)(H,24,25). The molecule has 0 heterocycles. The van der Waals surface area contributed by atoms with Crippen LogP contribution in [-0.4, -0.2) is 11.8 Å². The number of hydrogen-bond donors (Lipinski definition) is 2. The van der Waals surface area contributed by atoms with E-state index in [-0.39, 0.29) is 23.9 Å². The fourth-order valence-electron chi connectivity index (χ4n) is 2.11. The second kappa shape index (κ2) is 8.03. The second-order valence-corrected chi connectivity index (χ2v) is 6.10. The van der Waals surface area contributed by atoms with Gasteiger partial charge in [-0.15, -0.1) is 0 Å². The van der Waals surface area contributed by atoms with Crippen LogP contribution in [0.1, 0.15) is 35.3 Å². The van der Waals surface area contributed by atoms with E-state index in [1.165, 1.54) is 12.1 Å². The van der Waals surface area contributed by atoms with Crippen LogP contribution in [0.2, 0.25) is 0 Å². The molecule has 2 N–H and O–H groups in total. The minimum atomic E-state index is -4.49. The highest BCUT2D eigenvalue weighted by atomic mass is 19.4. The zero-order valence-electron chi connectivity index (χ0n) is 14.4. The Bertz CT molecular complexity index is 784. The van der Waals surface area contributed by atoms with Gasteiger partial charge in [-0.25, -0.2) is 0 Å². The normalized spacial score (nSPS) is 11.3. The fraction of sp³-hybridized carbons (Fsp3) is 0.263. The Balaban J connectivity index is 1.96. The number of benzene rings is 2. The number of anilines is 1. The zero-order valence-corrected chi connectivity index (χ0v) is 14.4. The van der Waals surface area contributed by atoms with E-state index in [2.05, 4.69) is 10.6 Å². The summed E-state index contributed by atoms with van der Waals surface area (Å²) in [7, 11) is 0. The van der Waals surface area contributed by atoms with Gasteiger partial charge >= 0.3 is 6.18 Å².